The number of nitrogens with zero attached hydrogens (tertiary/aromatic N) is 2. The second-order valence-corrected chi connectivity index (χ2v) is 7.57. The van der Waals surface area contributed by atoms with E-state index in [0.29, 0.717) is 11.1 Å². The standard InChI is InChI=1S/C23H25FN4O2/c1-15-3-4-17(13-20(15)24)23(29)25-18-9-11-28(12-10-18)22-14-21(26-27-22)16-5-7-19(30-2)8-6-16/h3-8,13-14,18H,9-12H2,1-2H3,(H,25,29)(H,26,27). The van der Waals surface area contributed by atoms with Crippen molar-refractivity contribution in [3.05, 3.63) is 65.5 Å². The molecule has 1 aromatic heterocycles. The summed E-state index contributed by atoms with van der Waals surface area (Å²) in [6.45, 7) is 3.27. The van der Waals surface area contributed by atoms with Crippen LogP contribution in [0.4, 0.5) is 10.2 Å². The Balaban J connectivity index is 1.33. The molecule has 2 N–H and O–H groups in total. The Labute approximate surface area is 175 Å². The molecule has 2 heterocycles. The van der Waals surface area contributed by atoms with Crippen LogP contribution in [0.3, 0.4) is 0 Å². The SMILES string of the molecule is COc1ccc(-c2cc(N3CCC(NC(=O)c4ccc(C)c(F)c4)CC3)n[nH]2)cc1. The molecular formula is C23H25FN4O2. The van der Waals surface area contributed by atoms with E-state index in [1.165, 1.54) is 6.07 Å². The number of nitrogens with one attached hydrogen (secondary N) is 2. The minimum atomic E-state index is -0.358. The lowest BCUT2D eigenvalue weighted by molar-refractivity contribution is 0.0930. The van der Waals surface area contributed by atoms with Gasteiger partial charge < -0.3 is 15.0 Å². The van der Waals surface area contributed by atoms with Crippen LogP contribution in [0.2, 0.25) is 0 Å². The molecule has 1 saturated heterocycles. The molecule has 2 aromatic carbocycles. The molecule has 4 rings (SSSR count). The van der Waals surface area contributed by atoms with Crippen molar-refractivity contribution in [2.75, 3.05) is 25.1 Å². The van der Waals surface area contributed by atoms with Crippen LogP contribution in [0.15, 0.2) is 48.5 Å². The van der Waals surface area contributed by atoms with E-state index in [1.54, 1.807) is 26.2 Å². The predicted molar refractivity (Wildman–Crippen MR) is 114 cm³/mol. The van der Waals surface area contributed by atoms with Gasteiger partial charge in [0.2, 0.25) is 0 Å². The van der Waals surface area contributed by atoms with Gasteiger partial charge in [0.25, 0.3) is 5.91 Å². The van der Waals surface area contributed by atoms with Crippen molar-refractivity contribution >= 4 is 11.7 Å². The number of rotatable bonds is 5. The zero-order valence-electron chi connectivity index (χ0n) is 17.1. The first-order valence-electron chi connectivity index (χ1n) is 10.1. The molecule has 1 amide bonds. The fourth-order valence-electron chi connectivity index (χ4n) is 3.65. The summed E-state index contributed by atoms with van der Waals surface area (Å²) >= 11 is 0. The van der Waals surface area contributed by atoms with Crippen LogP contribution in [0.1, 0.15) is 28.8 Å². The van der Waals surface area contributed by atoms with Crippen LogP contribution >= 0.6 is 0 Å². The van der Waals surface area contributed by atoms with E-state index in [4.69, 9.17) is 4.74 Å². The van der Waals surface area contributed by atoms with Gasteiger partial charge in [-0.05, 0) is 67.3 Å². The van der Waals surface area contributed by atoms with Crippen LogP contribution in [0, 0.1) is 12.7 Å². The zero-order chi connectivity index (χ0) is 21.1. The third-order valence-electron chi connectivity index (χ3n) is 5.55. The van der Waals surface area contributed by atoms with Crippen molar-refractivity contribution < 1.29 is 13.9 Å². The number of aromatic nitrogens is 2. The number of hydrogen-bond donors (Lipinski definition) is 2. The Morgan fingerprint density at radius 3 is 2.57 bits per heavy atom. The van der Waals surface area contributed by atoms with Gasteiger partial charge in [-0.25, -0.2) is 4.39 Å². The molecule has 0 unspecified atom stereocenters. The Bertz CT molecular complexity index is 1020. The van der Waals surface area contributed by atoms with Gasteiger partial charge >= 0.3 is 0 Å². The molecule has 3 aromatic rings. The number of aryl methyl sites for hydroxylation is 1. The molecule has 7 heteroatoms. The van der Waals surface area contributed by atoms with Crippen molar-refractivity contribution in [2.45, 2.75) is 25.8 Å². The van der Waals surface area contributed by atoms with Crippen LogP contribution in [-0.2, 0) is 0 Å². The lowest BCUT2D eigenvalue weighted by Gasteiger charge is -2.32. The Hall–Kier alpha value is -3.35. The Morgan fingerprint density at radius 1 is 1.17 bits per heavy atom. The second kappa shape index (κ2) is 8.57. The van der Waals surface area contributed by atoms with Gasteiger partial charge in [0, 0.05) is 30.8 Å². The first-order chi connectivity index (χ1) is 14.5. The minimum Gasteiger partial charge on any atom is -0.497 e. The van der Waals surface area contributed by atoms with Crippen LogP contribution in [-0.4, -0.2) is 42.3 Å². The van der Waals surface area contributed by atoms with Gasteiger partial charge in [-0.2, -0.15) is 5.10 Å². The monoisotopic (exact) mass is 408 g/mol. The quantitative estimate of drug-likeness (QED) is 0.671. The Morgan fingerprint density at radius 2 is 1.90 bits per heavy atom. The molecular weight excluding hydrogens is 383 g/mol. The normalized spacial score (nSPS) is 14.6. The van der Waals surface area contributed by atoms with E-state index in [9.17, 15) is 9.18 Å². The third kappa shape index (κ3) is 4.30. The van der Waals surface area contributed by atoms with Gasteiger partial charge in [0.05, 0.1) is 12.8 Å². The second-order valence-electron chi connectivity index (χ2n) is 7.57. The van der Waals surface area contributed by atoms with Crippen molar-refractivity contribution in [3.8, 4) is 17.0 Å². The first kappa shape index (κ1) is 19.9. The zero-order valence-corrected chi connectivity index (χ0v) is 17.1. The minimum absolute atomic E-state index is 0.0677. The summed E-state index contributed by atoms with van der Waals surface area (Å²) in [5.74, 6) is 1.12. The molecule has 156 valence electrons. The fourth-order valence-corrected chi connectivity index (χ4v) is 3.65. The molecule has 1 fully saturated rings. The molecule has 0 radical (unpaired) electrons. The number of H-pyrrole nitrogens is 1. The highest BCUT2D eigenvalue weighted by Crippen LogP contribution is 2.25. The van der Waals surface area contributed by atoms with Crippen LogP contribution < -0.4 is 15.0 Å². The molecule has 1 aliphatic heterocycles. The first-order valence-corrected chi connectivity index (χ1v) is 10.1. The molecule has 0 spiro atoms. The average Bonchev–Trinajstić information content (AvgIpc) is 3.26. The number of benzene rings is 2. The van der Waals surface area contributed by atoms with E-state index in [1.807, 2.05) is 30.3 Å². The van der Waals surface area contributed by atoms with E-state index in [2.05, 4.69) is 20.4 Å². The highest BCUT2D eigenvalue weighted by molar-refractivity contribution is 5.94. The number of halogens is 1. The van der Waals surface area contributed by atoms with Crippen molar-refractivity contribution in [1.82, 2.24) is 15.5 Å². The van der Waals surface area contributed by atoms with Gasteiger partial charge in [-0.15, -0.1) is 0 Å². The number of ether oxygens (including phenoxy) is 1. The van der Waals surface area contributed by atoms with Crippen molar-refractivity contribution in [2.24, 2.45) is 0 Å². The summed E-state index contributed by atoms with van der Waals surface area (Å²) in [6.07, 6.45) is 1.62. The number of piperidine rings is 1. The van der Waals surface area contributed by atoms with E-state index in [-0.39, 0.29) is 17.8 Å². The largest absolute Gasteiger partial charge is 0.497 e. The highest BCUT2D eigenvalue weighted by atomic mass is 19.1. The van der Waals surface area contributed by atoms with Crippen molar-refractivity contribution in [1.29, 1.82) is 0 Å². The highest BCUT2D eigenvalue weighted by Gasteiger charge is 2.23. The van der Waals surface area contributed by atoms with E-state index in [0.717, 1.165) is 48.8 Å². The average molecular weight is 408 g/mol. The number of anilines is 1. The van der Waals surface area contributed by atoms with E-state index < -0.39 is 0 Å². The third-order valence-corrected chi connectivity index (χ3v) is 5.55. The number of aromatic amines is 1. The molecule has 0 aliphatic carbocycles. The Kier molecular flexibility index (Phi) is 5.70. The fraction of sp³-hybridized carbons (Fsp3) is 0.304. The number of carbonyl (C=O) groups is 1. The summed E-state index contributed by atoms with van der Waals surface area (Å²) in [4.78, 5) is 14.6. The molecule has 0 saturated carbocycles. The number of hydrogen-bond acceptors (Lipinski definition) is 4. The van der Waals surface area contributed by atoms with Gasteiger partial charge in [0.15, 0.2) is 5.82 Å². The smallest absolute Gasteiger partial charge is 0.251 e. The maximum absolute atomic E-state index is 13.7. The maximum atomic E-state index is 13.7. The van der Waals surface area contributed by atoms with Gasteiger partial charge in [-0.1, -0.05) is 6.07 Å². The molecule has 6 nitrogen and oxygen atoms in total. The van der Waals surface area contributed by atoms with Crippen LogP contribution in [0.25, 0.3) is 11.3 Å². The molecule has 0 atom stereocenters. The molecule has 30 heavy (non-hydrogen) atoms. The van der Waals surface area contributed by atoms with Crippen LogP contribution in [0.5, 0.6) is 5.75 Å². The summed E-state index contributed by atoms with van der Waals surface area (Å²) in [5.41, 5.74) is 2.89. The summed E-state index contributed by atoms with van der Waals surface area (Å²) in [7, 11) is 1.65. The summed E-state index contributed by atoms with van der Waals surface area (Å²) in [5, 5.41) is 10.6. The molecule has 0 bridgehead atoms. The van der Waals surface area contributed by atoms with Crippen molar-refractivity contribution in [3.63, 3.8) is 0 Å². The predicted octanol–water partition coefficient (Wildman–Crippen LogP) is 3.93. The summed E-state index contributed by atoms with van der Waals surface area (Å²) < 4.78 is 18.9. The summed E-state index contributed by atoms with van der Waals surface area (Å²) in [6, 6.07) is 14.5. The van der Waals surface area contributed by atoms with Gasteiger partial charge in [0.1, 0.15) is 11.6 Å². The lowest BCUT2D eigenvalue weighted by atomic mass is 10.0. The number of amides is 1. The number of methoxy groups -OCH3 is 1. The number of carbonyl (C=O) groups excluding carboxylic acids is 1. The maximum Gasteiger partial charge on any atom is 0.251 e. The van der Waals surface area contributed by atoms with Gasteiger partial charge in [-0.3, -0.25) is 9.89 Å². The van der Waals surface area contributed by atoms with E-state index >= 15 is 0 Å². The molecule has 1 aliphatic rings. The lowest BCUT2D eigenvalue weighted by Crippen LogP contribution is -2.44. The topological polar surface area (TPSA) is 70.2 Å².